The average Bonchev–Trinajstić information content (AvgIpc) is 2.58. The van der Waals surface area contributed by atoms with Crippen molar-refractivity contribution in [2.24, 2.45) is 0 Å². The van der Waals surface area contributed by atoms with Crippen LogP contribution in [0, 0.1) is 0 Å². The highest BCUT2D eigenvalue weighted by Crippen LogP contribution is 2.48. The predicted octanol–water partition coefficient (Wildman–Crippen LogP) is 5.67. The third-order valence-corrected chi connectivity index (χ3v) is 5.37. The molecule has 1 heterocycles. The molecule has 0 spiro atoms. The van der Waals surface area contributed by atoms with Crippen LogP contribution < -0.4 is 0 Å². The second-order valence-electron chi connectivity index (χ2n) is 7.08. The first-order valence-electron chi connectivity index (χ1n) is 8.63. The van der Waals surface area contributed by atoms with Crippen LogP contribution >= 0.6 is 0 Å². The Labute approximate surface area is 138 Å². The maximum Gasteiger partial charge on any atom is 0.0789 e. The standard InChI is InChI=1S/C22H23N/c1-5-14-10-11-18-17(12-14)21-20-15(13-16(6-2)23-21)8-7-9-19(20)22(18,3)4/h7-13H,5-6H2,1-4H3. The van der Waals surface area contributed by atoms with Gasteiger partial charge in [0.25, 0.3) is 0 Å². The largest absolute Gasteiger partial charge is 0.252 e. The number of aromatic nitrogens is 1. The third-order valence-electron chi connectivity index (χ3n) is 5.37. The Hall–Kier alpha value is -2.15. The van der Waals surface area contributed by atoms with Crippen LogP contribution in [-0.2, 0) is 18.3 Å². The molecule has 23 heavy (non-hydrogen) atoms. The molecule has 0 aliphatic heterocycles. The molecule has 4 rings (SSSR count). The van der Waals surface area contributed by atoms with E-state index in [0.29, 0.717) is 0 Å². The van der Waals surface area contributed by atoms with Gasteiger partial charge in [-0.05, 0) is 47.1 Å². The summed E-state index contributed by atoms with van der Waals surface area (Å²) < 4.78 is 0. The summed E-state index contributed by atoms with van der Waals surface area (Å²) in [6.45, 7) is 9.07. The van der Waals surface area contributed by atoms with Crippen molar-refractivity contribution < 1.29 is 0 Å². The average molecular weight is 301 g/mol. The van der Waals surface area contributed by atoms with Crippen LogP contribution in [-0.4, -0.2) is 4.98 Å². The summed E-state index contributed by atoms with van der Waals surface area (Å²) >= 11 is 0. The fraction of sp³-hybridized carbons (Fsp3) is 0.318. The molecular formula is C22H23N. The zero-order valence-corrected chi connectivity index (χ0v) is 14.4. The van der Waals surface area contributed by atoms with E-state index >= 15 is 0 Å². The van der Waals surface area contributed by atoms with Crippen LogP contribution in [0.1, 0.15) is 50.1 Å². The monoisotopic (exact) mass is 301 g/mol. The van der Waals surface area contributed by atoms with Gasteiger partial charge in [-0.3, -0.25) is 4.98 Å². The first kappa shape index (κ1) is 14.4. The van der Waals surface area contributed by atoms with Gasteiger partial charge in [0.15, 0.2) is 0 Å². The van der Waals surface area contributed by atoms with E-state index in [0.717, 1.165) is 12.8 Å². The predicted molar refractivity (Wildman–Crippen MR) is 98.1 cm³/mol. The van der Waals surface area contributed by atoms with Crippen molar-refractivity contribution >= 4 is 10.8 Å². The van der Waals surface area contributed by atoms with E-state index in [4.69, 9.17) is 4.98 Å². The van der Waals surface area contributed by atoms with E-state index in [1.54, 1.807) is 0 Å². The number of aryl methyl sites for hydroxylation is 2. The number of nitrogens with zero attached hydrogens (tertiary/aromatic N) is 1. The molecule has 0 unspecified atom stereocenters. The van der Waals surface area contributed by atoms with Gasteiger partial charge in [0.1, 0.15) is 0 Å². The summed E-state index contributed by atoms with van der Waals surface area (Å²) in [7, 11) is 0. The number of fused-ring (bicyclic) bond motifs is 2. The highest BCUT2D eigenvalue weighted by molar-refractivity contribution is 6.01. The molecule has 1 aliphatic carbocycles. The van der Waals surface area contributed by atoms with Crippen molar-refractivity contribution in [1.82, 2.24) is 4.98 Å². The lowest BCUT2D eigenvalue weighted by molar-refractivity contribution is 0.643. The number of hydrogen-bond donors (Lipinski definition) is 0. The van der Waals surface area contributed by atoms with E-state index in [1.807, 2.05) is 0 Å². The van der Waals surface area contributed by atoms with Gasteiger partial charge in [0.05, 0.1) is 5.69 Å². The quantitative estimate of drug-likeness (QED) is 0.594. The normalized spacial score (nSPS) is 14.8. The molecule has 0 saturated carbocycles. The first-order chi connectivity index (χ1) is 11.1. The molecule has 0 N–H and O–H groups in total. The summed E-state index contributed by atoms with van der Waals surface area (Å²) in [5, 5.41) is 2.67. The van der Waals surface area contributed by atoms with E-state index < -0.39 is 0 Å². The Balaban J connectivity index is 2.19. The lowest BCUT2D eigenvalue weighted by atomic mass is 9.69. The number of pyridine rings is 1. The van der Waals surface area contributed by atoms with Crippen molar-refractivity contribution in [1.29, 1.82) is 0 Å². The molecule has 0 radical (unpaired) electrons. The molecular weight excluding hydrogens is 278 g/mol. The van der Waals surface area contributed by atoms with Crippen molar-refractivity contribution in [3.05, 3.63) is 64.8 Å². The molecule has 0 atom stereocenters. The molecule has 0 fully saturated rings. The highest BCUT2D eigenvalue weighted by atomic mass is 14.7. The first-order valence-corrected chi connectivity index (χ1v) is 8.63. The van der Waals surface area contributed by atoms with E-state index in [2.05, 4.69) is 70.2 Å². The van der Waals surface area contributed by atoms with E-state index in [-0.39, 0.29) is 5.41 Å². The van der Waals surface area contributed by atoms with E-state index in [9.17, 15) is 0 Å². The van der Waals surface area contributed by atoms with Gasteiger partial charge in [-0.1, -0.05) is 58.0 Å². The zero-order chi connectivity index (χ0) is 16.2. The summed E-state index contributed by atoms with van der Waals surface area (Å²) in [5.41, 5.74) is 7.89. The number of hydrogen-bond acceptors (Lipinski definition) is 1. The Morgan fingerprint density at radius 2 is 1.74 bits per heavy atom. The van der Waals surface area contributed by atoms with Crippen molar-refractivity contribution in [3.8, 4) is 11.3 Å². The molecule has 2 aromatic carbocycles. The number of benzene rings is 2. The van der Waals surface area contributed by atoms with Gasteiger partial charge in [-0.15, -0.1) is 0 Å². The minimum absolute atomic E-state index is 0.0174. The van der Waals surface area contributed by atoms with Crippen LogP contribution in [0.4, 0.5) is 0 Å². The van der Waals surface area contributed by atoms with Gasteiger partial charge in [0, 0.05) is 22.1 Å². The van der Waals surface area contributed by atoms with Crippen LogP contribution in [0.25, 0.3) is 22.0 Å². The van der Waals surface area contributed by atoms with Gasteiger partial charge in [-0.25, -0.2) is 0 Å². The maximum atomic E-state index is 5.03. The van der Waals surface area contributed by atoms with Gasteiger partial charge >= 0.3 is 0 Å². The Bertz CT molecular complexity index is 919. The second kappa shape index (κ2) is 4.92. The van der Waals surface area contributed by atoms with Crippen molar-refractivity contribution in [2.45, 2.75) is 46.0 Å². The summed E-state index contributed by atoms with van der Waals surface area (Å²) in [6.07, 6.45) is 2.03. The Morgan fingerprint density at radius 3 is 2.48 bits per heavy atom. The molecule has 1 heteroatoms. The Morgan fingerprint density at radius 1 is 0.913 bits per heavy atom. The third kappa shape index (κ3) is 1.96. The molecule has 0 amide bonds. The lowest BCUT2D eigenvalue weighted by Gasteiger charge is -2.35. The summed E-state index contributed by atoms with van der Waals surface area (Å²) in [5.74, 6) is 0. The lowest BCUT2D eigenvalue weighted by Crippen LogP contribution is -2.24. The number of rotatable bonds is 2. The minimum atomic E-state index is 0.0174. The van der Waals surface area contributed by atoms with Crippen LogP contribution in [0.3, 0.4) is 0 Å². The van der Waals surface area contributed by atoms with Crippen LogP contribution in [0.2, 0.25) is 0 Å². The van der Waals surface area contributed by atoms with E-state index in [1.165, 1.54) is 44.4 Å². The van der Waals surface area contributed by atoms with Gasteiger partial charge < -0.3 is 0 Å². The molecule has 0 bridgehead atoms. The smallest absolute Gasteiger partial charge is 0.0789 e. The summed E-state index contributed by atoms with van der Waals surface area (Å²) in [4.78, 5) is 5.03. The fourth-order valence-corrected chi connectivity index (χ4v) is 3.96. The minimum Gasteiger partial charge on any atom is -0.252 e. The fourth-order valence-electron chi connectivity index (χ4n) is 3.96. The molecule has 3 aromatic rings. The molecule has 1 aliphatic rings. The highest BCUT2D eigenvalue weighted by Gasteiger charge is 2.34. The Kier molecular flexibility index (Phi) is 3.09. The van der Waals surface area contributed by atoms with Gasteiger partial charge in [0.2, 0.25) is 0 Å². The summed E-state index contributed by atoms with van der Waals surface area (Å²) in [6, 6.07) is 15.9. The topological polar surface area (TPSA) is 12.9 Å². The van der Waals surface area contributed by atoms with Crippen LogP contribution in [0.5, 0.6) is 0 Å². The maximum absolute atomic E-state index is 5.03. The molecule has 0 saturated heterocycles. The molecule has 1 aromatic heterocycles. The van der Waals surface area contributed by atoms with Crippen LogP contribution in [0.15, 0.2) is 42.5 Å². The van der Waals surface area contributed by atoms with Gasteiger partial charge in [-0.2, -0.15) is 0 Å². The molecule has 116 valence electrons. The SMILES string of the molecule is CCc1ccc2c(c1)-c1nc(CC)cc3cccc(c13)C2(C)C. The van der Waals surface area contributed by atoms with Crippen molar-refractivity contribution in [2.75, 3.05) is 0 Å². The second-order valence-corrected chi connectivity index (χ2v) is 7.08. The molecule has 1 nitrogen and oxygen atoms in total. The van der Waals surface area contributed by atoms with Crippen molar-refractivity contribution in [3.63, 3.8) is 0 Å². The zero-order valence-electron chi connectivity index (χ0n) is 14.4.